The summed E-state index contributed by atoms with van der Waals surface area (Å²) in [7, 11) is 0. The van der Waals surface area contributed by atoms with Gasteiger partial charge in [-0.05, 0) is 37.5 Å². The Morgan fingerprint density at radius 2 is 2.08 bits per heavy atom. The minimum absolute atomic E-state index is 0.0624. The number of nitrogens with one attached hydrogen (secondary N) is 1. The maximum absolute atomic E-state index is 12.5. The van der Waals surface area contributed by atoms with Gasteiger partial charge in [0, 0.05) is 31.8 Å². The molecule has 26 heavy (non-hydrogen) atoms. The van der Waals surface area contributed by atoms with E-state index >= 15 is 0 Å². The second-order valence-corrected chi connectivity index (χ2v) is 6.42. The number of amides is 2. The van der Waals surface area contributed by atoms with Gasteiger partial charge in [-0.25, -0.2) is 4.98 Å². The van der Waals surface area contributed by atoms with E-state index < -0.39 is 0 Å². The summed E-state index contributed by atoms with van der Waals surface area (Å²) < 4.78 is 5.93. The van der Waals surface area contributed by atoms with Crippen molar-refractivity contribution in [2.24, 2.45) is 0 Å². The molecule has 1 aromatic carbocycles. The van der Waals surface area contributed by atoms with E-state index in [1.54, 1.807) is 11.1 Å². The maximum Gasteiger partial charge on any atom is 0.243 e. The number of carbonyl (C=O) groups is 2. The molecule has 1 N–H and O–H groups in total. The summed E-state index contributed by atoms with van der Waals surface area (Å²) in [6.07, 6.45) is 3.21. The van der Waals surface area contributed by atoms with E-state index in [-0.39, 0.29) is 17.9 Å². The lowest BCUT2D eigenvalue weighted by molar-refractivity contribution is -0.136. The number of pyridine rings is 1. The monoisotopic (exact) mass is 353 g/mol. The molecule has 0 radical (unpaired) electrons. The zero-order chi connectivity index (χ0) is 18.5. The van der Waals surface area contributed by atoms with Crippen LogP contribution < -0.4 is 10.1 Å². The Morgan fingerprint density at radius 3 is 2.85 bits per heavy atom. The van der Waals surface area contributed by atoms with Crippen LogP contribution in [0.3, 0.4) is 0 Å². The molecule has 6 heteroatoms. The van der Waals surface area contributed by atoms with Crippen LogP contribution in [-0.4, -0.2) is 34.3 Å². The molecule has 0 saturated carbocycles. The number of benzene rings is 1. The SMILES string of the molecule is CC(=O)N1CCC[C@H]1C(=O)NCc1cccnc1Oc1ccccc1C. The highest BCUT2D eigenvalue weighted by molar-refractivity contribution is 5.87. The van der Waals surface area contributed by atoms with Crippen LogP contribution in [0.4, 0.5) is 0 Å². The molecule has 2 heterocycles. The minimum atomic E-state index is -0.384. The number of aryl methyl sites for hydroxylation is 1. The van der Waals surface area contributed by atoms with Gasteiger partial charge in [0.15, 0.2) is 0 Å². The Balaban J connectivity index is 1.68. The van der Waals surface area contributed by atoms with Gasteiger partial charge in [-0.15, -0.1) is 0 Å². The Kier molecular flexibility index (Phi) is 5.51. The van der Waals surface area contributed by atoms with Crippen molar-refractivity contribution in [2.75, 3.05) is 6.54 Å². The molecule has 1 aromatic heterocycles. The molecular formula is C20H23N3O3. The highest BCUT2D eigenvalue weighted by Gasteiger charge is 2.32. The predicted octanol–water partition coefficient (Wildman–Crippen LogP) is 2.81. The molecule has 1 saturated heterocycles. The predicted molar refractivity (Wildman–Crippen MR) is 97.7 cm³/mol. The molecule has 0 spiro atoms. The van der Waals surface area contributed by atoms with Crippen LogP contribution in [0.2, 0.25) is 0 Å². The Morgan fingerprint density at radius 1 is 1.27 bits per heavy atom. The van der Waals surface area contributed by atoms with Crippen molar-refractivity contribution in [3.8, 4) is 11.6 Å². The number of rotatable bonds is 5. The normalized spacial score (nSPS) is 16.4. The van der Waals surface area contributed by atoms with E-state index in [2.05, 4.69) is 10.3 Å². The van der Waals surface area contributed by atoms with Gasteiger partial charge < -0.3 is 15.0 Å². The van der Waals surface area contributed by atoms with Crippen LogP contribution in [-0.2, 0) is 16.1 Å². The first-order chi connectivity index (χ1) is 12.6. The lowest BCUT2D eigenvalue weighted by atomic mass is 10.2. The lowest BCUT2D eigenvalue weighted by Crippen LogP contribution is -2.44. The minimum Gasteiger partial charge on any atom is -0.438 e. The standard InChI is InChI=1S/C20H23N3O3/c1-14-7-3-4-10-18(14)26-20-16(8-5-11-21-20)13-22-19(25)17-9-6-12-23(17)15(2)24/h3-5,7-8,10-11,17H,6,9,12-13H2,1-2H3,(H,22,25)/t17-/m0/s1. The van der Waals surface area contributed by atoms with Gasteiger partial charge in [-0.2, -0.15) is 0 Å². The molecule has 136 valence electrons. The quantitative estimate of drug-likeness (QED) is 0.897. The van der Waals surface area contributed by atoms with Crippen LogP contribution in [0.25, 0.3) is 0 Å². The maximum atomic E-state index is 12.5. The van der Waals surface area contributed by atoms with Crippen LogP contribution in [0.1, 0.15) is 30.9 Å². The van der Waals surface area contributed by atoms with Gasteiger partial charge in [0.2, 0.25) is 17.7 Å². The van der Waals surface area contributed by atoms with Crippen molar-refractivity contribution in [3.63, 3.8) is 0 Å². The van der Waals surface area contributed by atoms with Gasteiger partial charge in [-0.3, -0.25) is 9.59 Å². The van der Waals surface area contributed by atoms with Crippen molar-refractivity contribution < 1.29 is 14.3 Å². The largest absolute Gasteiger partial charge is 0.438 e. The molecule has 0 aliphatic carbocycles. The third kappa shape index (κ3) is 4.02. The summed E-state index contributed by atoms with van der Waals surface area (Å²) in [5.74, 6) is 1.00. The van der Waals surface area contributed by atoms with Gasteiger partial charge in [0.25, 0.3) is 0 Å². The second-order valence-electron chi connectivity index (χ2n) is 6.42. The first kappa shape index (κ1) is 17.9. The summed E-state index contributed by atoms with van der Waals surface area (Å²) in [6.45, 7) is 4.41. The summed E-state index contributed by atoms with van der Waals surface area (Å²) in [5, 5.41) is 2.91. The Bertz CT molecular complexity index is 806. The molecule has 1 fully saturated rings. The van der Waals surface area contributed by atoms with Crippen molar-refractivity contribution in [3.05, 3.63) is 53.7 Å². The average Bonchev–Trinajstić information content (AvgIpc) is 3.13. The van der Waals surface area contributed by atoms with E-state index in [0.717, 1.165) is 23.3 Å². The van der Waals surface area contributed by atoms with E-state index in [1.165, 1.54) is 6.92 Å². The van der Waals surface area contributed by atoms with Crippen LogP contribution in [0, 0.1) is 6.92 Å². The van der Waals surface area contributed by atoms with Crippen molar-refractivity contribution >= 4 is 11.8 Å². The van der Waals surface area contributed by atoms with Gasteiger partial charge in [-0.1, -0.05) is 24.3 Å². The molecular weight excluding hydrogens is 330 g/mol. The van der Waals surface area contributed by atoms with Gasteiger partial charge in [0.1, 0.15) is 11.8 Å². The number of para-hydroxylation sites is 1. The first-order valence-electron chi connectivity index (χ1n) is 8.78. The first-order valence-corrected chi connectivity index (χ1v) is 8.78. The second kappa shape index (κ2) is 7.99. The highest BCUT2D eigenvalue weighted by atomic mass is 16.5. The van der Waals surface area contributed by atoms with Crippen LogP contribution in [0.5, 0.6) is 11.6 Å². The Hall–Kier alpha value is -2.89. The van der Waals surface area contributed by atoms with Crippen LogP contribution in [0.15, 0.2) is 42.6 Å². The number of carbonyl (C=O) groups excluding carboxylic acids is 2. The number of nitrogens with zero attached hydrogens (tertiary/aromatic N) is 2. The fourth-order valence-corrected chi connectivity index (χ4v) is 3.14. The number of ether oxygens (including phenoxy) is 1. The van der Waals surface area contributed by atoms with E-state index in [9.17, 15) is 9.59 Å². The molecule has 0 unspecified atom stereocenters. The molecule has 6 nitrogen and oxygen atoms in total. The van der Waals surface area contributed by atoms with Gasteiger partial charge >= 0.3 is 0 Å². The molecule has 1 aliphatic heterocycles. The molecule has 2 aromatic rings. The molecule has 3 rings (SSSR count). The molecule has 2 amide bonds. The average molecular weight is 353 g/mol. The number of likely N-dealkylation sites (tertiary alicyclic amines) is 1. The lowest BCUT2D eigenvalue weighted by Gasteiger charge is -2.22. The summed E-state index contributed by atoms with van der Waals surface area (Å²) >= 11 is 0. The number of hydrogen-bond donors (Lipinski definition) is 1. The molecule has 0 bridgehead atoms. The summed E-state index contributed by atoms with van der Waals surface area (Å²) in [5.41, 5.74) is 1.80. The number of aromatic nitrogens is 1. The van der Waals surface area contributed by atoms with Gasteiger partial charge in [0.05, 0.1) is 0 Å². The van der Waals surface area contributed by atoms with Crippen LogP contribution >= 0.6 is 0 Å². The Labute approximate surface area is 153 Å². The summed E-state index contributed by atoms with van der Waals surface area (Å²) in [6, 6.07) is 11.0. The smallest absolute Gasteiger partial charge is 0.243 e. The van der Waals surface area contributed by atoms with Crippen molar-refractivity contribution in [1.82, 2.24) is 15.2 Å². The number of hydrogen-bond acceptors (Lipinski definition) is 4. The topological polar surface area (TPSA) is 71.5 Å². The van der Waals surface area contributed by atoms with Crippen molar-refractivity contribution in [1.29, 1.82) is 0 Å². The highest BCUT2D eigenvalue weighted by Crippen LogP contribution is 2.26. The zero-order valence-electron chi connectivity index (χ0n) is 15.1. The molecule has 1 atom stereocenters. The van der Waals surface area contributed by atoms with E-state index in [0.29, 0.717) is 25.4 Å². The third-order valence-corrected chi connectivity index (χ3v) is 4.56. The zero-order valence-corrected chi connectivity index (χ0v) is 15.1. The van der Waals surface area contributed by atoms with E-state index in [1.807, 2.05) is 43.3 Å². The fourth-order valence-electron chi connectivity index (χ4n) is 3.14. The summed E-state index contributed by atoms with van der Waals surface area (Å²) in [4.78, 5) is 30.1. The van der Waals surface area contributed by atoms with Crippen molar-refractivity contribution in [2.45, 2.75) is 39.3 Å². The molecule has 1 aliphatic rings. The third-order valence-electron chi connectivity index (χ3n) is 4.56. The fraction of sp³-hybridized carbons (Fsp3) is 0.350. The van der Waals surface area contributed by atoms with E-state index in [4.69, 9.17) is 4.74 Å².